The number of rotatable bonds is 11. The van der Waals surface area contributed by atoms with Gasteiger partial charge < -0.3 is 14.8 Å². The molecular weight excluding hydrogens is 338 g/mol. The lowest BCUT2D eigenvalue weighted by Gasteiger charge is -2.35. The van der Waals surface area contributed by atoms with E-state index in [1.54, 1.807) is 0 Å². The van der Waals surface area contributed by atoms with E-state index in [1.807, 2.05) is 32.9 Å². The van der Waals surface area contributed by atoms with E-state index in [0.717, 1.165) is 29.0 Å². The highest BCUT2D eigenvalue weighted by Gasteiger charge is 2.40. The molecule has 0 atom stereocenters. The molecule has 154 valence electrons. The fourth-order valence-corrected chi connectivity index (χ4v) is 3.75. The van der Waals surface area contributed by atoms with E-state index in [1.165, 1.54) is 0 Å². The van der Waals surface area contributed by atoms with Crippen molar-refractivity contribution in [1.29, 1.82) is 0 Å². The molecule has 0 aromatic heterocycles. The lowest BCUT2D eigenvalue weighted by atomic mass is 9.83. The summed E-state index contributed by atoms with van der Waals surface area (Å²) in [5.41, 5.74) is 2.08. The van der Waals surface area contributed by atoms with E-state index in [-0.39, 0.29) is 5.91 Å². The molecule has 1 N–H and O–H groups in total. The molecule has 0 aliphatic rings. The average Bonchev–Trinajstić information content (AvgIpc) is 2.53. The van der Waals surface area contributed by atoms with Gasteiger partial charge in [-0.05, 0) is 75.1 Å². The summed E-state index contributed by atoms with van der Waals surface area (Å²) in [5.74, 6) is 1.60. The molecule has 0 saturated heterocycles. The Morgan fingerprint density at radius 2 is 1.56 bits per heavy atom. The number of benzene rings is 1. The maximum absolute atomic E-state index is 13.3. The molecule has 0 radical (unpaired) electrons. The van der Waals surface area contributed by atoms with Crippen molar-refractivity contribution in [1.82, 2.24) is 0 Å². The predicted molar refractivity (Wildman–Crippen MR) is 114 cm³/mol. The number of aryl methyl sites for hydroxylation is 2. The fourth-order valence-electron chi connectivity index (χ4n) is 3.75. The number of hydrogen-bond donors (Lipinski definition) is 1. The highest BCUT2D eigenvalue weighted by atomic mass is 16.5. The van der Waals surface area contributed by atoms with E-state index in [9.17, 15) is 4.79 Å². The van der Waals surface area contributed by atoms with Crippen LogP contribution >= 0.6 is 0 Å². The third kappa shape index (κ3) is 6.84. The van der Waals surface area contributed by atoms with Gasteiger partial charge in [-0.1, -0.05) is 34.6 Å². The molecule has 1 rings (SSSR count). The topological polar surface area (TPSA) is 47.6 Å². The molecule has 0 spiro atoms. The lowest BCUT2D eigenvalue weighted by molar-refractivity contribution is -0.146. The summed E-state index contributed by atoms with van der Waals surface area (Å²) in [7, 11) is 0. The van der Waals surface area contributed by atoms with Crippen molar-refractivity contribution in [2.75, 3.05) is 18.5 Å². The molecule has 27 heavy (non-hydrogen) atoms. The van der Waals surface area contributed by atoms with Crippen LogP contribution in [0.3, 0.4) is 0 Å². The van der Waals surface area contributed by atoms with Gasteiger partial charge >= 0.3 is 0 Å². The Labute approximate surface area is 166 Å². The van der Waals surface area contributed by atoms with Gasteiger partial charge in [0.2, 0.25) is 0 Å². The second-order valence-corrected chi connectivity index (χ2v) is 8.36. The Hall–Kier alpha value is -1.55. The molecule has 0 heterocycles. The molecule has 0 fully saturated rings. The molecule has 0 saturated carbocycles. The van der Waals surface area contributed by atoms with Crippen LogP contribution in [0, 0.1) is 25.7 Å². The molecule has 4 heteroatoms. The number of carbonyl (C=O) groups excluding carboxylic acids is 1. The summed E-state index contributed by atoms with van der Waals surface area (Å²) in [4.78, 5) is 13.3. The summed E-state index contributed by atoms with van der Waals surface area (Å²) in [5, 5.41) is 3.12. The van der Waals surface area contributed by atoms with Gasteiger partial charge in [-0.25, -0.2) is 0 Å². The van der Waals surface area contributed by atoms with Crippen LogP contribution in [0.2, 0.25) is 0 Å². The average molecular weight is 378 g/mol. The molecule has 0 unspecified atom stereocenters. The molecule has 1 aromatic rings. The molecule has 0 bridgehead atoms. The highest BCUT2D eigenvalue weighted by Crippen LogP contribution is 2.32. The number of anilines is 1. The summed E-state index contributed by atoms with van der Waals surface area (Å²) >= 11 is 0. The number of carbonyl (C=O) groups is 1. The van der Waals surface area contributed by atoms with E-state index in [4.69, 9.17) is 9.47 Å². The van der Waals surface area contributed by atoms with Gasteiger partial charge in [0.05, 0.1) is 6.61 Å². The first kappa shape index (κ1) is 23.5. The van der Waals surface area contributed by atoms with E-state index < -0.39 is 5.60 Å². The van der Waals surface area contributed by atoms with Crippen molar-refractivity contribution in [2.24, 2.45) is 11.8 Å². The quantitative estimate of drug-likeness (QED) is 0.522. The van der Waals surface area contributed by atoms with Gasteiger partial charge in [0.25, 0.3) is 5.91 Å². The van der Waals surface area contributed by atoms with Crippen LogP contribution < -0.4 is 10.1 Å². The van der Waals surface area contributed by atoms with Gasteiger partial charge in [0.1, 0.15) is 11.4 Å². The Balaban J connectivity index is 3.13. The van der Waals surface area contributed by atoms with Crippen LogP contribution in [0.4, 0.5) is 5.69 Å². The van der Waals surface area contributed by atoms with Crippen LogP contribution in [-0.2, 0) is 9.53 Å². The zero-order valence-corrected chi connectivity index (χ0v) is 18.6. The monoisotopic (exact) mass is 377 g/mol. The standard InChI is InChI=1S/C23H39NO3/c1-9-11-26-21-18(7)12-20(13-19(21)8)24-22(25)23(27-10-2,14-16(3)4)15-17(5)6/h12-13,16-17H,9-11,14-15H2,1-8H3,(H,24,25). The third-order valence-electron chi connectivity index (χ3n) is 4.48. The second-order valence-electron chi connectivity index (χ2n) is 8.36. The Morgan fingerprint density at radius 3 is 1.96 bits per heavy atom. The predicted octanol–water partition coefficient (Wildman–Crippen LogP) is 5.90. The molecule has 0 aliphatic carbocycles. The minimum atomic E-state index is -0.795. The zero-order valence-electron chi connectivity index (χ0n) is 18.6. The van der Waals surface area contributed by atoms with Crippen LogP contribution in [0.25, 0.3) is 0 Å². The number of hydrogen-bond acceptors (Lipinski definition) is 3. The first-order valence-corrected chi connectivity index (χ1v) is 10.3. The summed E-state index contributed by atoms with van der Waals surface area (Å²) in [6.45, 7) is 17.8. The van der Waals surface area contributed by atoms with Crippen molar-refractivity contribution in [2.45, 2.75) is 80.3 Å². The first-order valence-electron chi connectivity index (χ1n) is 10.3. The van der Waals surface area contributed by atoms with Crippen molar-refractivity contribution in [3.8, 4) is 5.75 Å². The van der Waals surface area contributed by atoms with Crippen molar-refractivity contribution >= 4 is 11.6 Å². The molecule has 0 aliphatic heterocycles. The first-order chi connectivity index (χ1) is 12.6. The Morgan fingerprint density at radius 1 is 1.04 bits per heavy atom. The van der Waals surface area contributed by atoms with Crippen molar-refractivity contribution in [3.05, 3.63) is 23.3 Å². The van der Waals surface area contributed by atoms with E-state index in [2.05, 4.69) is 39.9 Å². The largest absolute Gasteiger partial charge is 0.493 e. The third-order valence-corrected chi connectivity index (χ3v) is 4.48. The Bertz CT molecular complexity index is 575. The maximum Gasteiger partial charge on any atom is 0.256 e. The summed E-state index contributed by atoms with van der Waals surface area (Å²) < 4.78 is 11.9. The van der Waals surface area contributed by atoms with E-state index in [0.29, 0.717) is 37.9 Å². The van der Waals surface area contributed by atoms with Crippen LogP contribution in [-0.4, -0.2) is 24.7 Å². The number of amides is 1. The second kappa shape index (κ2) is 10.7. The summed E-state index contributed by atoms with van der Waals surface area (Å²) in [6.07, 6.45) is 2.39. The molecule has 4 nitrogen and oxygen atoms in total. The van der Waals surface area contributed by atoms with Gasteiger partial charge in [-0.15, -0.1) is 0 Å². The van der Waals surface area contributed by atoms with Crippen LogP contribution in [0.5, 0.6) is 5.75 Å². The number of nitrogens with one attached hydrogen (secondary N) is 1. The molecule has 1 amide bonds. The molecular formula is C23H39NO3. The van der Waals surface area contributed by atoms with Crippen LogP contribution in [0.1, 0.15) is 71.9 Å². The van der Waals surface area contributed by atoms with Gasteiger partial charge in [0, 0.05) is 12.3 Å². The maximum atomic E-state index is 13.3. The van der Waals surface area contributed by atoms with Gasteiger partial charge in [-0.2, -0.15) is 0 Å². The summed E-state index contributed by atoms with van der Waals surface area (Å²) in [6, 6.07) is 3.97. The fraction of sp³-hybridized carbons (Fsp3) is 0.696. The van der Waals surface area contributed by atoms with Crippen molar-refractivity contribution in [3.63, 3.8) is 0 Å². The normalized spacial score (nSPS) is 11.9. The SMILES string of the molecule is CCCOc1c(C)cc(NC(=O)C(CC(C)C)(CC(C)C)OCC)cc1C. The smallest absolute Gasteiger partial charge is 0.256 e. The van der Waals surface area contributed by atoms with Crippen LogP contribution in [0.15, 0.2) is 12.1 Å². The minimum Gasteiger partial charge on any atom is -0.493 e. The van der Waals surface area contributed by atoms with Gasteiger partial charge in [0.15, 0.2) is 0 Å². The molecule has 1 aromatic carbocycles. The minimum absolute atomic E-state index is 0.0484. The van der Waals surface area contributed by atoms with E-state index >= 15 is 0 Å². The Kier molecular flexibility index (Phi) is 9.31. The zero-order chi connectivity index (χ0) is 20.6. The number of ether oxygens (including phenoxy) is 2. The van der Waals surface area contributed by atoms with Gasteiger partial charge in [-0.3, -0.25) is 4.79 Å². The highest BCUT2D eigenvalue weighted by molar-refractivity contribution is 5.97. The lowest BCUT2D eigenvalue weighted by Crippen LogP contribution is -2.47. The van der Waals surface area contributed by atoms with Crippen molar-refractivity contribution < 1.29 is 14.3 Å².